The fourth-order valence-electron chi connectivity index (χ4n) is 3.50. The number of benzene rings is 3. The zero-order chi connectivity index (χ0) is 26.6. The number of hydrogen-bond donors (Lipinski definition) is 3. The van der Waals surface area contributed by atoms with Crippen molar-refractivity contribution in [2.45, 2.75) is 39.0 Å². The molecule has 0 aromatic heterocycles. The SMILES string of the molecule is CC(C[CH]C(=O)NC(Cc1ccc(OCc2ccccc2)cc1)C(=O)NCc1cccc(I)c1)C(N)=O. The Bertz CT molecular complexity index is 1190. The highest BCUT2D eigenvalue weighted by Gasteiger charge is 2.22. The minimum atomic E-state index is -0.800. The first kappa shape index (κ1) is 28.2. The van der Waals surface area contributed by atoms with Crippen LogP contribution in [0, 0.1) is 15.9 Å². The van der Waals surface area contributed by atoms with Gasteiger partial charge in [-0.2, -0.15) is 0 Å². The molecule has 0 saturated heterocycles. The third-order valence-electron chi connectivity index (χ3n) is 5.74. The third kappa shape index (κ3) is 9.87. The Labute approximate surface area is 231 Å². The van der Waals surface area contributed by atoms with E-state index < -0.39 is 23.8 Å². The molecule has 0 aliphatic rings. The number of amides is 3. The van der Waals surface area contributed by atoms with Gasteiger partial charge in [0.1, 0.15) is 18.4 Å². The van der Waals surface area contributed by atoms with Gasteiger partial charge in [-0.1, -0.05) is 61.5 Å². The zero-order valence-electron chi connectivity index (χ0n) is 20.7. The third-order valence-corrected chi connectivity index (χ3v) is 6.41. The lowest BCUT2D eigenvalue weighted by atomic mass is 10.0. The van der Waals surface area contributed by atoms with Crippen LogP contribution in [0.25, 0.3) is 0 Å². The Hall–Kier alpha value is -3.40. The average molecular weight is 612 g/mol. The molecule has 2 atom stereocenters. The number of ether oxygens (including phenoxy) is 1. The maximum atomic E-state index is 13.1. The van der Waals surface area contributed by atoms with Crippen LogP contribution in [0.1, 0.15) is 30.0 Å². The van der Waals surface area contributed by atoms with Crippen LogP contribution in [-0.4, -0.2) is 23.8 Å². The lowest BCUT2D eigenvalue weighted by molar-refractivity contribution is -0.128. The van der Waals surface area contributed by atoms with Crippen LogP contribution in [0.5, 0.6) is 5.75 Å². The lowest BCUT2D eigenvalue weighted by Crippen LogP contribution is -2.48. The van der Waals surface area contributed by atoms with Gasteiger partial charge in [-0.3, -0.25) is 14.4 Å². The molecule has 0 aliphatic heterocycles. The van der Waals surface area contributed by atoms with E-state index in [1.54, 1.807) is 6.92 Å². The molecule has 4 N–H and O–H groups in total. The van der Waals surface area contributed by atoms with E-state index in [2.05, 4.69) is 33.2 Å². The van der Waals surface area contributed by atoms with Crippen LogP contribution in [-0.2, 0) is 34.0 Å². The predicted octanol–water partition coefficient (Wildman–Crippen LogP) is 3.93. The Morgan fingerprint density at radius 1 is 0.946 bits per heavy atom. The van der Waals surface area contributed by atoms with Crippen LogP contribution in [0.15, 0.2) is 78.9 Å². The molecule has 0 spiro atoms. The van der Waals surface area contributed by atoms with E-state index in [0.717, 1.165) is 20.3 Å². The van der Waals surface area contributed by atoms with E-state index >= 15 is 0 Å². The van der Waals surface area contributed by atoms with Crippen molar-refractivity contribution in [2.24, 2.45) is 11.7 Å². The smallest absolute Gasteiger partial charge is 0.243 e. The summed E-state index contributed by atoms with van der Waals surface area (Å²) < 4.78 is 6.91. The van der Waals surface area contributed by atoms with Gasteiger partial charge in [0.05, 0.1) is 6.42 Å². The number of nitrogens with two attached hydrogens (primary N) is 1. The highest BCUT2D eigenvalue weighted by atomic mass is 127. The predicted molar refractivity (Wildman–Crippen MR) is 151 cm³/mol. The first-order valence-corrected chi connectivity index (χ1v) is 13.1. The molecule has 3 amide bonds. The highest BCUT2D eigenvalue weighted by molar-refractivity contribution is 14.1. The Morgan fingerprint density at radius 2 is 1.65 bits per heavy atom. The van der Waals surface area contributed by atoms with E-state index in [0.29, 0.717) is 25.3 Å². The second kappa shape index (κ2) is 14.4. The van der Waals surface area contributed by atoms with Crippen molar-refractivity contribution in [3.8, 4) is 5.75 Å². The van der Waals surface area contributed by atoms with Crippen molar-refractivity contribution in [2.75, 3.05) is 0 Å². The summed E-state index contributed by atoms with van der Waals surface area (Å²) in [6.07, 6.45) is 1.85. The number of rotatable bonds is 13. The quantitative estimate of drug-likeness (QED) is 0.254. The maximum Gasteiger partial charge on any atom is 0.243 e. The fraction of sp³-hybridized carbons (Fsp3) is 0.241. The van der Waals surface area contributed by atoms with E-state index in [4.69, 9.17) is 10.5 Å². The van der Waals surface area contributed by atoms with Crippen molar-refractivity contribution in [3.05, 3.63) is 106 Å². The molecule has 0 heterocycles. The van der Waals surface area contributed by atoms with E-state index in [9.17, 15) is 14.4 Å². The van der Waals surface area contributed by atoms with E-state index in [1.165, 1.54) is 6.42 Å². The Balaban J connectivity index is 1.63. The summed E-state index contributed by atoms with van der Waals surface area (Å²) in [6.45, 7) is 2.45. The summed E-state index contributed by atoms with van der Waals surface area (Å²) in [5.74, 6) is -0.962. The van der Waals surface area contributed by atoms with Crippen LogP contribution < -0.4 is 21.1 Å². The number of hydrogen-bond acceptors (Lipinski definition) is 4. The minimum absolute atomic E-state index is 0.200. The standard InChI is InChI=1S/C29H31IN3O4/c1-20(28(31)35)10-15-27(34)33-26(29(36)32-18-23-8-5-9-24(30)16-23)17-21-11-13-25(14-12-21)37-19-22-6-3-2-4-7-22/h2-9,11-16,20,26H,10,17-19H2,1H3,(H2,31,35)(H,32,36)(H,33,34). The molecule has 2 unspecified atom stereocenters. The number of carbonyl (C=O) groups is 3. The first-order valence-electron chi connectivity index (χ1n) is 12.0. The Morgan fingerprint density at radius 3 is 2.32 bits per heavy atom. The van der Waals surface area contributed by atoms with Gasteiger partial charge in [0.15, 0.2) is 0 Å². The van der Waals surface area contributed by atoms with Crippen LogP contribution in [0.4, 0.5) is 0 Å². The summed E-state index contributed by atoms with van der Waals surface area (Å²) in [6, 6.07) is 24.4. The number of primary amides is 1. The van der Waals surface area contributed by atoms with Gasteiger partial charge in [0.25, 0.3) is 0 Å². The van der Waals surface area contributed by atoms with Gasteiger partial charge in [-0.05, 0) is 70.0 Å². The normalized spacial score (nSPS) is 12.3. The second-order valence-electron chi connectivity index (χ2n) is 8.77. The molecule has 8 heteroatoms. The molecule has 3 aromatic rings. The van der Waals surface area contributed by atoms with Gasteiger partial charge < -0.3 is 21.1 Å². The Kier molecular flexibility index (Phi) is 10.9. The van der Waals surface area contributed by atoms with Gasteiger partial charge in [-0.15, -0.1) is 0 Å². The summed E-state index contributed by atoms with van der Waals surface area (Å²) in [5, 5.41) is 5.69. The second-order valence-corrected chi connectivity index (χ2v) is 10.0. The molecule has 0 fully saturated rings. The minimum Gasteiger partial charge on any atom is -0.489 e. The van der Waals surface area contributed by atoms with Crippen molar-refractivity contribution in [1.29, 1.82) is 0 Å². The monoisotopic (exact) mass is 612 g/mol. The molecule has 0 bridgehead atoms. The summed E-state index contributed by atoms with van der Waals surface area (Å²) in [5.41, 5.74) is 8.18. The van der Waals surface area contributed by atoms with Crippen LogP contribution >= 0.6 is 22.6 Å². The molecule has 37 heavy (non-hydrogen) atoms. The molecule has 7 nitrogen and oxygen atoms in total. The van der Waals surface area contributed by atoms with E-state index in [-0.39, 0.29) is 12.3 Å². The topological polar surface area (TPSA) is 111 Å². The number of nitrogens with one attached hydrogen (secondary N) is 2. The van der Waals surface area contributed by atoms with Gasteiger partial charge in [0.2, 0.25) is 17.7 Å². The summed E-state index contributed by atoms with van der Waals surface area (Å²) in [4.78, 5) is 36.9. The molecule has 1 radical (unpaired) electrons. The highest BCUT2D eigenvalue weighted by Crippen LogP contribution is 2.16. The van der Waals surface area contributed by atoms with Gasteiger partial charge in [-0.25, -0.2) is 0 Å². The van der Waals surface area contributed by atoms with Crippen molar-refractivity contribution < 1.29 is 19.1 Å². The maximum absolute atomic E-state index is 13.1. The first-order chi connectivity index (χ1) is 17.8. The summed E-state index contributed by atoms with van der Waals surface area (Å²) in [7, 11) is 0. The fourth-order valence-corrected chi connectivity index (χ4v) is 4.11. The van der Waals surface area contributed by atoms with Gasteiger partial charge in [0, 0.05) is 22.5 Å². The van der Waals surface area contributed by atoms with Crippen molar-refractivity contribution in [3.63, 3.8) is 0 Å². The molecule has 0 saturated carbocycles. The summed E-state index contributed by atoms with van der Waals surface area (Å²) >= 11 is 2.22. The molecular formula is C29H31IN3O4. The molecule has 0 aliphatic carbocycles. The average Bonchev–Trinajstić information content (AvgIpc) is 2.90. The molecular weight excluding hydrogens is 581 g/mol. The molecule has 3 aromatic carbocycles. The number of halogens is 1. The largest absolute Gasteiger partial charge is 0.489 e. The number of carbonyl (C=O) groups excluding carboxylic acids is 3. The van der Waals surface area contributed by atoms with Crippen LogP contribution in [0.2, 0.25) is 0 Å². The molecule has 3 rings (SSSR count). The van der Waals surface area contributed by atoms with Crippen molar-refractivity contribution in [1.82, 2.24) is 10.6 Å². The zero-order valence-corrected chi connectivity index (χ0v) is 22.8. The lowest BCUT2D eigenvalue weighted by Gasteiger charge is -2.19. The van der Waals surface area contributed by atoms with Crippen LogP contribution in [0.3, 0.4) is 0 Å². The molecule has 193 valence electrons. The van der Waals surface area contributed by atoms with Crippen molar-refractivity contribution >= 4 is 40.3 Å². The van der Waals surface area contributed by atoms with Gasteiger partial charge >= 0.3 is 0 Å². The van der Waals surface area contributed by atoms with E-state index in [1.807, 2.05) is 78.9 Å².